The van der Waals surface area contributed by atoms with Gasteiger partial charge in [-0.25, -0.2) is 0 Å². The molecule has 1 saturated carbocycles. The van der Waals surface area contributed by atoms with E-state index in [-0.39, 0.29) is 0 Å². The highest BCUT2D eigenvalue weighted by molar-refractivity contribution is 5.76. The van der Waals surface area contributed by atoms with Crippen molar-refractivity contribution in [3.05, 3.63) is 0 Å². The number of piperidine rings is 1. The van der Waals surface area contributed by atoms with Gasteiger partial charge < -0.3 is 10.2 Å². The van der Waals surface area contributed by atoms with Crippen LogP contribution in [0.4, 0.5) is 0 Å². The Hall–Kier alpha value is -0.570. The van der Waals surface area contributed by atoms with Crippen LogP contribution in [-0.4, -0.2) is 37.0 Å². The molecular weight excluding hydrogens is 212 g/mol. The van der Waals surface area contributed by atoms with Crippen LogP contribution in [0.1, 0.15) is 45.4 Å². The zero-order chi connectivity index (χ0) is 12.1. The van der Waals surface area contributed by atoms with E-state index in [1.807, 2.05) is 0 Å². The van der Waals surface area contributed by atoms with E-state index in [2.05, 4.69) is 17.1 Å². The first-order valence-corrected chi connectivity index (χ1v) is 7.28. The van der Waals surface area contributed by atoms with Crippen LogP contribution in [-0.2, 0) is 4.79 Å². The molecule has 2 aliphatic rings. The standard InChI is InChI=1S/C14H26N2O/c1-2-9-16(11-13-3-4-13)14(17)10-12-5-7-15-8-6-12/h12-13,15H,2-11H2,1H3. The van der Waals surface area contributed by atoms with Crippen molar-refractivity contribution in [1.82, 2.24) is 10.2 Å². The van der Waals surface area contributed by atoms with Gasteiger partial charge in [0.1, 0.15) is 0 Å². The summed E-state index contributed by atoms with van der Waals surface area (Å²) in [5.74, 6) is 1.85. The smallest absolute Gasteiger partial charge is 0.222 e. The molecule has 98 valence electrons. The van der Waals surface area contributed by atoms with Crippen molar-refractivity contribution >= 4 is 5.91 Å². The Morgan fingerprint density at radius 3 is 2.47 bits per heavy atom. The molecule has 0 unspecified atom stereocenters. The molecule has 1 saturated heterocycles. The Labute approximate surface area is 105 Å². The van der Waals surface area contributed by atoms with Gasteiger partial charge in [0.05, 0.1) is 0 Å². The maximum absolute atomic E-state index is 12.3. The van der Waals surface area contributed by atoms with Crippen LogP contribution in [0.25, 0.3) is 0 Å². The second-order valence-corrected chi connectivity index (χ2v) is 5.68. The minimum atomic E-state index is 0.408. The van der Waals surface area contributed by atoms with Crippen LogP contribution in [0.3, 0.4) is 0 Å². The first-order chi connectivity index (χ1) is 8.29. The Kier molecular flexibility index (Phi) is 4.84. The lowest BCUT2D eigenvalue weighted by molar-refractivity contribution is -0.132. The zero-order valence-electron chi connectivity index (χ0n) is 11.1. The van der Waals surface area contributed by atoms with E-state index in [0.29, 0.717) is 11.8 Å². The van der Waals surface area contributed by atoms with Crippen molar-refractivity contribution < 1.29 is 4.79 Å². The number of carbonyl (C=O) groups excluding carboxylic acids is 1. The van der Waals surface area contributed by atoms with Gasteiger partial charge in [-0.3, -0.25) is 4.79 Å². The van der Waals surface area contributed by atoms with Crippen molar-refractivity contribution in [3.8, 4) is 0 Å². The largest absolute Gasteiger partial charge is 0.342 e. The molecule has 3 heteroatoms. The Morgan fingerprint density at radius 1 is 1.18 bits per heavy atom. The zero-order valence-corrected chi connectivity index (χ0v) is 11.1. The number of rotatable bonds is 6. The summed E-state index contributed by atoms with van der Waals surface area (Å²) >= 11 is 0. The third kappa shape index (κ3) is 4.30. The van der Waals surface area contributed by atoms with Crippen molar-refractivity contribution in [2.24, 2.45) is 11.8 Å². The third-order valence-corrected chi connectivity index (χ3v) is 3.94. The SMILES string of the molecule is CCCN(CC1CC1)C(=O)CC1CCNCC1. The lowest BCUT2D eigenvalue weighted by Gasteiger charge is -2.27. The Bertz CT molecular complexity index is 245. The van der Waals surface area contributed by atoms with Gasteiger partial charge in [-0.05, 0) is 57.0 Å². The summed E-state index contributed by atoms with van der Waals surface area (Å²) in [5.41, 5.74) is 0. The van der Waals surface area contributed by atoms with Gasteiger partial charge in [0.15, 0.2) is 0 Å². The minimum absolute atomic E-state index is 0.408. The summed E-state index contributed by atoms with van der Waals surface area (Å²) in [6.45, 7) is 6.33. The van der Waals surface area contributed by atoms with Crippen LogP contribution in [0.2, 0.25) is 0 Å². The predicted molar refractivity (Wildman–Crippen MR) is 69.8 cm³/mol. The Morgan fingerprint density at radius 2 is 1.88 bits per heavy atom. The fourth-order valence-corrected chi connectivity index (χ4v) is 2.66. The highest BCUT2D eigenvalue weighted by atomic mass is 16.2. The number of hydrogen-bond acceptors (Lipinski definition) is 2. The number of nitrogens with zero attached hydrogens (tertiary/aromatic N) is 1. The molecule has 0 atom stereocenters. The predicted octanol–water partition coefficient (Wildman–Crippen LogP) is 2.02. The molecule has 1 aliphatic carbocycles. The lowest BCUT2D eigenvalue weighted by atomic mass is 9.94. The minimum Gasteiger partial charge on any atom is -0.342 e. The van der Waals surface area contributed by atoms with E-state index >= 15 is 0 Å². The van der Waals surface area contributed by atoms with Crippen molar-refractivity contribution in [2.45, 2.75) is 45.4 Å². The second-order valence-electron chi connectivity index (χ2n) is 5.68. The lowest BCUT2D eigenvalue weighted by Crippen LogP contribution is -2.37. The molecule has 17 heavy (non-hydrogen) atoms. The summed E-state index contributed by atoms with van der Waals surface area (Å²) in [5, 5.41) is 3.36. The molecule has 1 aliphatic heterocycles. The van der Waals surface area contributed by atoms with E-state index in [1.165, 1.54) is 25.7 Å². The maximum atomic E-state index is 12.3. The normalized spacial score (nSPS) is 21.5. The molecule has 1 heterocycles. The molecule has 0 aromatic rings. The molecule has 0 spiro atoms. The van der Waals surface area contributed by atoms with Crippen molar-refractivity contribution in [1.29, 1.82) is 0 Å². The van der Waals surface area contributed by atoms with E-state index < -0.39 is 0 Å². The average Bonchev–Trinajstić information content (AvgIpc) is 3.14. The Balaban J connectivity index is 1.77. The summed E-state index contributed by atoms with van der Waals surface area (Å²) < 4.78 is 0. The second kappa shape index (κ2) is 6.39. The van der Waals surface area contributed by atoms with Gasteiger partial charge in [-0.15, -0.1) is 0 Å². The molecule has 0 radical (unpaired) electrons. The van der Waals surface area contributed by atoms with Crippen LogP contribution in [0.5, 0.6) is 0 Å². The van der Waals surface area contributed by atoms with Crippen LogP contribution >= 0.6 is 0 Å². The topological polar surface area (TPSA) is 32.3 Å². The van der Waals surface area contributed by atoms with Gasteiger partial charge in [-0.2, -0.15) is 0 Å². The third-order valence-electron chi connectivity index (χ3n) is 3.94. The molecule has 2 rings (SSSR count). The van der Waals surface area contributed by atoms with Gasteiger partial charge in [0, 0.05) is 19.5 Å². The van der Waals surface area contributed by atoms with Gasteiger partial charge in [0.2, 0.25) is 5.91 Å². The van der Waals surface area contributed by atoms with Crippen LogP contribution < -0.4 is 5.32 Å². The fraction of sp³-hybridized carbons (Fsp3) is 0.929. The van der Waals surface area contributed by atoms with E-state index in [1.54, 1.807) is 0 Å². The van der Waals surface area contributed by atoms with Crippen molar-refractivity contribution in [3.63, 3.8) is 0 Å². The fourth-order valence-electron chi connectivity index (χ4n) is 2.66. The van der Waals surface area contributed by atoms with Crippen LogP contribution in [0.15, 0.2) is 0 Å². The molecule has 0 bridgehead atoms. The molecule has 2 fully saturated rings. The first-order valence-electron chi connectivity index (χ1n) is 7.28. The van der Waals surface area contributed by atoms with Gasteiger partial charge >= 0.3 is 0 Å². The maximum Gasteiger partial charge on any atom is 0.222 e. The van der Waals surface area contributed by atoms with E-state index in [4.69, 9.17) is 0 Å². The summed E-state index contributed by atoms with van der Waals surface area (Å²) in [6, 6.07) is 0. The molecule has 1 N–H and O–H groups in total. The number of carbonyl (C=O) groups is 1. The van der Waals surface area contributed by atoms with E-state index in [9.17, 15) is 4.79 Å². The molecule has 3 nitrogen and oxygen atoms in total. The molecule has 1 amide bonds. The van der Waals surface area contributed by atoms with E-state index in [0.717, 1.165) is 44.9 Å². The monoisotopic (exact) mass is 238 g/mol. The number of nitrogens with one attached hydrogen (secondary N) is 1. The highest BCUT2D eigenvalue weighted by Crippen LogP contribution is 2.30. The summed E-state index contributed by atoms with van der Waals surface area (Å²) in [4.78, 5) is 14.4. The molecule has 0 aromatic heterocycles. The van der Waals surface area contributed by atoms with Crippen molar-refractivity contribution in [2.75, 3.05) is 26.2 Å². The summed E-state index contributed by atoms with van der Waals surface area (Å²) in [6.07, 6.45) is 6.89. The summed E-state index contributed by atoms with van der Waals surface area (Å²) in [7, 11) is 0. The van der Waals surface area contributed by atoms with Crippen LogP contribution in [0, 0.1) is 11.8 Å². The number of amides is 1. The molecular formula is C14H26N2O. The molecule has 0 aromatic carbocycles. The highest BCUT2D eigenvalue weighted by Gasteiger charge is 2.27. The van der Waals surface area contributed by atoms with Gasteiger partial charge in [-0.1, -0.05) is 6.92 Å². The first kappa shape index (κ1) is 12.9. The average molecular weight is 238 g/mol. The number of hydrogen-bond donors (Lipinski definition) is 1. The quantitative estimate of drug-likeness (QED) is 0.768. The van der Waals surface area contributed by atoms with Gasteiger partial charge in [0.25, 0.3) is 0 Å².